The van der Waals surface area contributed by atoms with Gasteiger partial charge in [-0.3, -0.25) is 0 Å². The Bertz CT molecular complexity index is 390. The molecule has 6 heteroatoms. The average molecular weight is 213 g/mol. The average Bonchev–Trinajstić information content (AvgIpc) is 2.16. The van der Waals surface area contributed by atoms with Crippen LogP contribution in [0.4, 0.5) is 0 Å². The number of carboxylic acid groups (broad SMARTS) is 1. The quantitative estimate of drug-likeness (QED) is 0.473. The van der Waals surface area contributed by atoms with E-state index in [1.807, 2.05) is 0 Å². The van der Waals surface area contributed by atoms with Gasteiger partial charge in [-0.15, -0.1) is 0 Å². The van der Waals surface area contributed by atoms with Gasteiger partial charge in [0.1, 0.15) is 17.1 Å². The number of aliphatic hydroxyl groups excluding tert-OH is 1. The molecule has 0 aromatic heterocycles. The van der Waals surface area contributed by atoms with Crippen LogP contribution in [0.1, 0.15) is 22.0 Å². The van der Waals surface area contributed by atoms with E-state index in [0.717, 1.165) is 12.1 Å². The van der Waals surface area contributed by atoms with Gasteiger partial charge in [0.2, 0.25) is 0 Å². The Kier molecular flexibility index (Phi) is 3.13. The van der Waals surface area contributed by atoms with E-state index >= 15 is 0 Å². The van der Waals surface area contributed by atoms with E-state index in [-0.39, 0.29) is 12.1 Å². The zero-order valence-corrected chi connectivity index (χ0v) is 7.71. The molecule has 0 aliphatic rings. The van der Waals surface area contributed by atoms with Crippen molar-refractivity contribution in [1.29, 1.82) is 0 Å². The molecule has 0 fully saturated rings. The van der Waals surface area contributed by atoms with Crippen LogP contribution in [-0.2, 0) is 0 Å². The number of hydrogen-bond acceptors (Lipinski definition) is 5. The molecule has 1 atom stereocenters. The van der Waals surface area contributed by atoms with Crippen molar-refractivity contribution in [2.75, 3.05) is 6.54 Å². The normalized spacial score (nSPS) is 12.4. The third-order valence-electron chi connectivity index (χ3n) is 1.96. The Hall–Kier alpha value is -1.79. The summed E-state index contributed by atoms with van der Waals surface area (Å²) in [5.74, 6) is -2.30. The molecule has 0 aliphatic heterocycles. The molecule has 1 unspecified atom stereocenters. The zero-order valence-electron chi connectivity index (χ0n) is 7.71. The minimum atomic E-state index is -1.35. The summed E-state index contributed by atoms with van der Waals surface area (Å²) in [5, 5.41) is 36.5. The van der Waals surface area contributed by atoms with Gasteiger partial charge in [0.15, 0.2) is 0 Å². The minimum Gasteiger partial charge on any atom is -0.507 e. The fourth-order valence-electron chi connectivity index (χ4n) is 1.16. The minimum absolute atomic E-state index is 0.0206. The standard InChI is InChI=1S/C9H11NO5/c10-3-8(13)4-1-5(9(14)15)7(12)2-6(4)11/h1-2,8,11-13H,3,10H2,(H,14,15). The first-order valence-corrected chi connectivity index (χ1v) is 4.14. The number of aromatic hydroxyl groups is 2. The second-order valence-electron chi connectivity index (χ2n) is 2.98. The van der Waals surface area contributed by atoms with E-state index in [0.29, 0.717) is 0 Å². The Morgan fingerprint density at radius 3 is 2.40 bits per heavy atom. The number of rotatable bonds is 3. The highest BCUT2D eigenvalue weighted by atomic mass is 16.4. The number of aliphatic hydroxyl groups is 1. The molecule has 1 aromatic rings. The van der Waals surface area contributed by atoms with E-state index in [4.69, 9.17) is 10.8 Å². The Morgan fingerprint density at radius 2 is 1.93 bits per heavy atom. The maximum absolute atomic E-state index is 10.6. The van der Waals surface area contributed by atoms with Crippen LogP contribution in [0.25, 0.3) is 0 Å². The highest BCUT2D eigenvalue weighted by Gasteiger charge is 2.17. The molecule has 6 nitrogen and oxygen atoms in total. The van der Waals surface area contributed by atoms with Gasteiger partial charge in [0.05, 0.1) is 6.10 Å². The number of carbonyl (C=O) groups is 1. The molecule has 0 amide bonds. The van der Waals surface area contributed by atoms with E-state index in [2.05, 4.69) is 0 Å². The summed E-state index contributed by atoms with van der Waals surface area (Å²) in [6, 6.07) is 1.85. The molecule has 82 valence electrons. The van der Waals surface area contributed by atoms with Crippen molar-refractivity contribution in [1.82, 2.24) is 0 Å². The summed E-state index contributed by atoms with van der Waals surface area (Å²) < 4.78 is 0. The molecule has 0 saturated carbocycles. The van der Waals surface area contributed by atoms with Crippen molar-refractivity contribution >= 4 is 5.97 Å². The lowest BCUT2D eigenvalue weighted by molar-refractivity contribution is 0.0693. The number of hydrogen-bond donors (Lipinski definition) is 5. The number of aromatic carboxylic acids is 1. The van der Waals surface area contributed by atoms with E-state index in [1.165, 1.54) is 0 Å². The highest BCUT2D eigenvalue weighted by Crippen LogP contribution is 2.31. The fraction of sp³-hybridized carbons (Fsp3) is 0.222. The van der Waals surface area contributed by atoms with Crippen molar-refractivity contribution in [2.24, 2.45) is 5.73 Å². The van der Waals surface area contributed by atoms with Gasteiger partial charge in [-0.1, -0.05) is 0 Å². The number of phenolic OH excluding ortho intramolecular Hbond substituents is 1. The van der Waals surface area contributed by atoms with Crippen LogP contribution in [0.15, 0.2) is 12.1 Å². The number of benzene rings is 1. The van der Waals surface area contributed by atoms with E-state index < -0.39 is 29.1 Å². The topological polar surface area (TPSA) is 124 Å². The van der Waals surface area contributed by atoms with E-state index in [1.54, 1.807) is 0 Å². The van der Waals surface area contributed by atoms with Crippen molar-refractivity contribution in [2.45, 2.75) is 6.10 Å². The fourth-order valence-corrected chi connectivity index (χ4v) is 1.16. The lowest BCUT2D eigenvalue weighted by atomic mass is 10.0. The molecule has 0 aliphatic carbocycles. The third-order valence-corrected chi connectivity index (χ3v) is 1.96. The second-order valence-corrected chi connectivity index (χ2v) is 2.98. The number of nitrogens with two attached hydrogens (primary N) is 1. The zero-order chi connectivity index (χ0) is 11.6. The predicted molar refractivity (Wildman–Crippen MR) is 50.7 cm³/mol. The predicted octanol–water partition coefficient (Wildman–Crippen LogP) is -0.212. The SMILES string of the molecule is NCC(O)c1cc(C(=O)O)c(O)cc1O. The molecule has 0 bridgehead atoms. The maximum atomic E-state index is 10.6. The first-order valence-electron chi connectivity index (χ1n) is 4.14. The molecule has 0 saturated heterocycles. The van der Waals surface area contributed by atoms with Crippen molar-refractivity contribution in [3.05, 3.63) is 23.3 Å². The molecular formula is C9H11NO5. The smallest absolute Gasteiger partial charge is 0.339 e. The summed E-state index contributed by atoms with van der Waals surface area (Å²) in [7, 11) is 0. The third kappa shape index (κ3) is 2.17. The van der Waals surface area contributed by atoms with Gasteiger partial charge in [-0.2, -0.15) is 0 Å². The molecular weight excluding hydrogens is 202 g/mol. The Labute approximate surface area is 85.2 Å². The molecule has 0 heterocycles. The van der Waals surface area contributed by atoms with Crippen LogP contribution in [0.5, 0.6) is 11.5 Å². The summed E-state index contributed by atoms with van der Waals surface area (Å²) in [5.41, 5.74) is 4.75. The van der Waals surface area contributed by atoms with Crippen molar-refractivity contribution in [3.63, 3.8) is 0 Å². The van der Waals surface area contributed by atoms with Gasteiger partial charge in [0, 0.05) is 18.2 Å². The lowest BCUT2D eigenvalue weighted by Crippen LogP contribution is -2.12. The number of carboxylic acids is 1. The summed E-state index contributed by atoms with van der Waals surface area (Å²) in [6.45, 7) is -0.155. The summed E-state index contributed by atoms with van der Waals surface area (Å²) in [6.07, 6.45) is -1.16. The second kappa shape index (κ2) is 4.16. The molecule has 6 N–H and O–H groups in total. The number of phenols is 2. The lowest BCUT2D eigenvalue weighted by Gasteiger charge is -2.11. The van der Waals surface area contributed by atoms with Gasteiger partial charge < -0.3 is 26.2 Å². The summed E-state index contributed by atoms with van der Waals surface area (Å²) >= 11 is 0. The van der Waals surface area contributed by atoms with Crippen molar-refractivity contribution in [3.8, 4) is 11.5 Å². The largest absolute Gasteiger partial charge is 0.507 e. The van der Waals surface area contributed by atoms with Crippen molar-refractivity contribution < 1.29 is 25.2 Å². The van der Waals surface area contributed by atoms with Crippen LogP contribution in [0.3, 0.4) is 0 Å². The first kappa shape index (κ1) is 11.3. The molecule has 1 aromatic carbocycles. The Balaban J connectivity index is 3.29. The van der Waals surface area contributed by atoms with Crippen LogP contribution in [0, 0.1) is 0 Å². The van der Waals surface area contributed by atoms with Crippen LogP contribution >= 0.6 is 0 Å². The van der Waals surface area contributed by atoms with Crippen LogP contribution in [0.2, 0.25) is 0 Å². The first-order chi connectivity index (χ1) is 6.97. The van der Waals surface area contributed by atoms with Crippen LogP contribution < -0.4 is 5.73 Å². The molecule has 15 heavy (non-hydrogen) atoms. The van der Waals surface area contributed by atoms with Gasteiger partial charge in [-0.05, 0) is 6.07 Å². The van der Waals surface area contributed by atoms with Gasteiger partial charge in [-0.25, -0.2) is 4.79 Å². The van der Waals surface area contributed by atoms with Crippen LogP contribution in [-0.4, -0.2) is 32.9 Å². The van der Waals surface area contributed by atoms with E-state index in [9.17, 15) is 20.1 Å². The van der Waals surface area contributed by atoms with Gasteiger partial charge in [0.25, 0.3) is 0 Å². The molecule has 1 rings (SSSR count). The Morgan fingerprint density at radius 1 is 1.33 bits per heavy atom. The van der Waals surface area contributed by atoms with Gasteiger partial charge >= 0.3 is 5.97 Å². The highest BCUT2D eigenvalue weighted by molar-refractivity contribution is 5.91. The summed E-state index contributed by atoms with van der Waals surface area (Å²) in [4.78, 5) is 10.6. The monoisotopic (exact) mass is 213 g/mol. The maximum Gasteiger partial charge on any atom is 0.339 e. The molecule has 0 radical (unpaired) electrons. The molecule has 0 spiro atoms.